The van der Waals surface area contributed by atoms with E-state index < -0.39 is 5.97 Å². The van der Waals surface area contributed by atoms with Gasteiger partial charge in [0.25, 0.3) is 0 Å². The van der Waals surface area contributed by atoms with Gasteiger partial charge < -0.3 is 15.3 Å². The van der Waals surface area contributed by atoms with E-state index in [-0.39, 0.29) is 17.6 Å². The van der Waals surface area contributed by atoms with Crippen molar-refractivity contribution in [3.05, 3.63) is 29.8 Å². The van der Waals surface area contributed by atoms with E-state index in [1.807, 2.05) is 11.8 Å². The molecule has 1 saturated carbocycles. The number of urea groups is 1. The van der Waals surface area contributed by atoms with Crippen LogP contribution in [0.3, 0.4) is 0 Å². The Balaban J connectivity index is 2.10. The van der Waals surface area contributed by atoms with Gasteiger partial charge in [0.05, 0.1) is 11.3 Å². The molecule has 0 unspecified atom stereocenters. The van der Waals surface area contributed by atoms with Crippen LogP contribution in [-0.2, 0) is 0 Å². The van der Waals surface area contributed by atoms with E-state index in [1.165, 1.54) is 12.5 Å². The zero-order valence-corrected chi connectivity index (χ0v) is 12.3. The zero-order chi connectivity index (χ0) is 15.2. The second kappa shape index (κ2) is 7.11. The van der Waals surface area contributed by atoms with Crippen LogP contribution in [0.15, 0.2) is 24.3 Å². The number of hydrogen-bond donors (Lipinski definition) is 2. The molecule has 5 heteroatoms. The molecule has 1 fully saturated rings. The fraction of sp³-hybridized carbons (Fsp3) is 0.500. The first kappa shape index (κ1) is 15.4. The first-order chi connectivity index (χ1) is 10.1. The van der Waals surface area contributed by atoms with Gasteiger partial charge in [-0.2, -0.15) is 0 Å². The van der Waals surface area contributed by atoms with Crippen molar-refractivity contribution in [2.75, 3.05) is 11.9 Å². The van der Waals surface area contributed by atoms with Crippen LogP contribution in [0.1, 0.15) is 49.4 Å². The molecule has 0 saturated heterocycles. The maximum atomic E-state index is 12.4. The topological polar surface area (TPSA) is 69.6 Å². The van der Waals surface area contributed by atoms with Crippen molar-refractivity contribution in [3.8, 4) is 0 Å². The molecule has 0 radical (unpaired) electrons. The van der Waals surface area contributed by atoms with Gasteiger partial charge in [-0.25, -0.2) is 9.59 Å². The van der Waals surface area contributed by atoms with Crippen molar-refractivity contribution in [1.82, 2.24) is 4.90 Å². The molecule has 2 rings (SSSR count). The summed E-state index contributed by atoms with van der Waals surface area (Å²) in [6.07, 6.45) is 5.60. The normalized spacial score (nSPS) is 15.5. The lowest BCUT2D eigenvalue weighted by atomic mass is 9.94. The molecule has 2 N–H and O–H groups in total. The molecule has 1 aliphatic carbocycles. The van der Waals surface area contributed by atoms with Crippen LogP contribution in [-0.4, -0.2) is 34.6 Å². The van der Waals surface area contributed by atoms with E-state index in [4.69, 9.17) is 5.11 Å². The van der Waals surface area contributed by atoms with Crippen LogP contribution in [0, 0.1) is 0 Å². The number of anilines is 1. The largest absolute Gasteiger partial charge is 0.478 e. The average Bonchev–Trinajstić information content (AvgIpc) is 2.49. The number of carbonyl (C=O) groups excluding carboxylic acids is 1. The van der Waals surface area contributed by atoms with Crippen LogP contribution < -0.4 is 5.32 Å². The third-order valence-corrected chi connectivity index (χ3v) is 4.02. The average molecular weight is 290 g/mol. The summed E-state index contributed by atoms with van der Waals surface area (Å²) in [6, 6.07) is 6.54. The Hall–Kier alpha value is -2.04. The van der Waals surface area contributed by atoms with Gasteiger partial charge in [0, 0.05) is 12.6 Å². The molecule has 0 bridgehead atoms. The van der Waals surface area contributed by atoms with Gasteiger partial charge in [0.15, 0.2) is 0 Å². The SMILES string of the molecule is CCN(C(=O)Nc1ccccc1C(=O)O)C1CCCCC1. The number of nitrogens with zero attached hydrogens (tertiary/aromatic N) is 1. The fourth-order valence-electron chi connectivity index (χ4n) is 2.93. The molecule has 114 valence electrons. The molecule has 0 atom stereocenters. The smallest absolute Gasteiger partial charge is 0.337 e. The number of para-hydroxylation sites is 1. The van der Waals surface area contributed by atoms with E-state index in [2.05, 4.69) is 5.32 Å². The molecule has 0 aromatic heterocycles. The maximum Gasteiger partial charge on any atom is 0.337 e. The number of carboxylic acids is 1. The lowest BCUT2D eigenvalue weighted by Crippen LogP contribution is -2.43. The molecule has 1 aromatic carbocycles. The number of nitrogens with one attached hydrogen (secondary N) is 1. The van der Waals surface area contributed by atoms with Gasteiger partial charge in [-0.1, -0.05) is 31.4 Å². The van der Waals surface area contributed by atoms with Gasteiger partial charge in [-0.3, -0.25) is 0 Å². The minimum absolute atomic E-state index is 0.116. The van der Waals surface area contributed by atoms with E-state index in [1.54, 1.807) is 18.2 Å². The summed E-state index contributed by atoms with van der Waals surface area (Å²) < 4.78 is 0. The number of hydrogen-bond acceptors (Lipinski definition) is 2. The van der Waals surface area contributed by atoms with Gasteiger partial charge in [-0.05, 0) is 31.9 Å². The number of benzene rings is 1. The predicted octanol–water partition coefficient (Wildman–Crippen LogP) is 3.57. The Morgan fingerprint density at radius 3 is 2.52 bits per heavy atom. The first-order valence-corrected chi connectivity index (χ1v) is 7.53. The number of aromatic carboxylic acids is 1. The highest BCUT2D eigenvalue weighted by Gasteiger charge is 2.24. The Morgan fingerprint density at radius 1 is 1.24 bits per heavy atom. The molecule has 1 aliphatic rings. The summed E-state index contributed by atoms with van der Waals surface area (Å²) >= 11 is 0. The lowest BCUT2D eigenvalue weighted by Gasteiger charge is -2.33. The van der Waals surface area contributed by atoms with E-state index in [0.29, 0.717) is 12.2 Å². The number of carbonyl (C=O) groups is 2. The van der Waals surface area contributed by atoms with Crippen LogP contribution >= 0.6 is 0 Å². The molecule has 0 aliphatic heterocycles. The second-order valence-electron chi connectivity index (χ2n) is 5.36. The van der Waals surface area contributed by atoms with E-state index >= 15 is 0 Å². The monoisotopic (exact) mass is 290 g/mol. The minimum Gasteiger partial charge on any atom is -0.478 e. The number of amides is 2. The number of carboxylic acid groups (broad SMARTS) is 1. The molecular formula is C16H22N2O3. The highest BCUT2D eigenvalue weighted by molar-refractivity contribution is 6.00. The summed E-state index contributed by atoms with van der Waals surface area (Å²) in [5.41, 5.74) is 0.467. The van der Waals surface area contributed by atoms with Crippen LogP contribution in [0.2, 0.25) is 0 Å². The lowest BCUT2D eigenvalue weighted by molar-refractivity contribution is 0.0698. The third kappa shape index (κ3) is 3.74. The van der Waals surface area contributed by atoms with Gasteiger partial charge >= 0.3 is 12.0 Å². The fourth-order valence-corrected chi connectivity index (χ4v) is 2.93. The van der Waals surface area contributed by atoms with Crippen molar-refractivity contribution in [2.45, 2.75) is 45.1 Å². The molecule has 0 heterocycles. The van der Waals surface area contributed by atoms with Crippen LogP contribution in [0.25, 0.3) is 0 Å². The standard InChI is InChI=1S/C16H22N2O3/c1-2-18(12-8-4-3-5-9-12)16(21)17-14-11-7-6-10-13(14)15(19)20/h6-7,10-12H,2-5,8-9H2,1H3,(H,17,21)(H,19,20). The van der Waals surface area contributed by atoms with Crippen LogP contribution in [0.4, 0.5) is 10.5 Å². The summed E-state index contributed by atoms with van der Waals surface area (Å²) in [5.74, 6) is -1.04. The summed E-state index contributed by atoms with van der Waals surface area (Å²) in [7, 11) is 0. The molecular weight excluding hydrogens is 268 g/mol. The Labute approximate surface area is 125 Å². The Kier molecular flexibility index (Phi) is 5.20. The van der Waals surface area contributed by atoms with Crippen molar-refractivity contribution >= 4 is 17.7 Å². The van der Waals surface area contributed by atoms with Gasteiger partial charge in [-0.15, -0.1) is 0 Å². The Bertz CT molecular complexity index is 510. The molecule has 2 amide bonds. The van der Waals surface area contributed by atoms with Crippen molar-refractivity contribution in [3.63, 3.8) is 0 Å². The summed E-state index contributed by atoms with van der Waals surface area (Å²) in [5, 5.41) is 11.9. The predicted molar refractivity (Wildman–Crippen MR) is 81.7 cm³/mol. The van der Waals surface area contributed by atoms with E-state index in [0.717, 1.165) is 25.7 Å². The van der Waals surface area contributed by atoms with Gasteiger partial charge in [0.1, 0.15) is 0 Å². The van der Waals surface area contributed by atoms with Crippen molar-refractivity contribution in [2.24, 2.45) is 0 Å². The quantitative estimate of drug-likeness (QED) is 0.890. The van der Waals surface area contributed by atoms with Crippen molar-refractivity contribution in [1.29, 1.82) is 0 Å². The summed E-state index contributed by atoms with van der Waals surface area (Å²) in [6.45, 7) is 2.59. The summed E-state index contributed by atoms with van der Waals surface area (Å²) in [4.78, 5) is 25.4. The van der Waals surface area contributed by atoms with Crippen LogP contribution in [0.5, 0.6) is 0 Å². The third-order valence-electron chi connectivity index (χ3n) is 4.02. The van der Waals surface area contributed by atoms with Gasteiger partial charge in [0.2, 0.25) is 0 Å². The molecule has 1 aromatic rings. The zero-order valence-electron chi connectivity index (χ0n) is 12.3. The first-order valence-electron chi connectivity index (χ1n) is 7.53. The maximum absolute atomic E-state index is 12.4. The highest BCUT2D eigenvalue weighted by Crippen LogP contribution is 2.23. The van der Waals surface area contributed by atoms with E-state index in [9.17, 15) is 9.59 Å². The molecule has 21 heavy (non-hydrogen) atoms. The second-order valence-corrected chi connectivity index (χ2v) is 5.36. The Morgan fingerprint density at radius 2 is 1.90 bits per heavy atom. The highest BCUT2D eigenvalue weighted by atomic mass is 16.4. The molecule has 5 nitrogen and oxygen atoms in total. The number of rotatable bonds is 4. The van der Waals surface area contributed by atoms with Crippen molar-refractivity contribution < 1.29 is 14.7 Å². The molecule has 0 spiro atoms. The minimum atomic E-state index is -1.04.